The summed E-state index contributed by atoms with van der Waals surface area (Å²) in [6.07, 6.45) is 0.621. The average Bonchev–Trinajstić information content (AvgIpc) is 2.44. The molecule has 0 spiro atoms. The minimum atomic E-state index is -1.25. The quantitative estimate of drug-likeness (QED) is 0.739. The van der Waals surface area contributed by atoms with Gasteiger partial charge in [-0.1, -0.05) is 43.7 Å². The highest BCUT2D eigenvalue weighted by atomic mass is 16.4. The first-order valence-electron chi connectivity index (χ1n) is 6.74. The van der Waals surface area contributed by atoms with E-state index >= 15 is 0 Å². The molecule has 0 saturated heterocycles. The van der Waals surface area contributed by atoms with Crippen LogP contribution in [0.25, 0.3) is 0 Å². The van der Waals surface area contributed by atoms with Crippen LogP contribution in [0.1, 0.15) is 43.9 Å². The highest BCUT2D eigenvalue weighted by molar-refractivity contribution is 5.90. The van der Waals surface area contributed by atoms with Crippen LogP contribution in [-0.4, -0.2) is 22.5 Å². The number of carbonyl (C=O) groups is 2. The fourth-order valence-corrected chi connectivity index (χ4v) is 2.02. The molecule has 0 saturated carbocycles. The monoisotopic (exact) mass is 278 g/mol. The van der Waals surface area contributed by atoms with E-state index in [-0.39, 0.29) is 0 Å². The van der Waals surface area contributed by atoms with E-state index in [0.717, 1.165) is 5.56 Å². The molecule has 110 valence electrons. The molecular formula is C15H22N2O3. The van der Waals surface area contributed by atoms with Gasteiger partial charge in [0.1, 0.15) is 11.6 Å². The number of carbonyl (C=O) groups excluding carboxylic acids is 1. The van der Waals surface area contributed by atoms with Crippen LogP contribution in [0.15, 0.2) is 24.3 Å². The van der Waals surface area contributed by atoms with Crippen molar-refractivity contribution in [1.82, 2.24) is 5.32 Å². The Morgan fingerprint density at radius 2 is 1.75 bits per heavy atom. The van der Waals surface area contributed by atoms with E-state index in [4.69, 9.17) is 5.73 Å². The van der Waals surface area contributed by atoms with Gasteiger partial charge in [-0.3, -0.25) is 4.79 Å². The Balaban J connectivity index is 2.89. The lowest BCUT2D eigenvalue weighted by molar-refractivity contribution is -0.148. The van der Waals surface area contributed by atoms with E-state index in [0.29, 0.717) is 18.4 Å². The minimum absolute atomic E-state index is 0.311. The van der Waals surface area contributed by atoms with Crippen molar-refractivity contribution in [3.05, 3.63) is 35.4 Å². The zero-order chi connectivity index (χ0) is 15.3. The number of amides is 1. The lowest BCUT2D eigenvalue weighted by atomic mass is 9.92. The summed E-state index contributed by atoms with van der Waals surface area (Å²) < 4.78 is 0. The Morgan fingerprint density at radius 1 is 1.25 bits per heavy atom. The van der Waals surface area contributed by atoms with Gasteiger partial charge in [-0.15, -0.1) is 0 Å². The number of benzene rings is 1. The van der Waals surface area contributed by atoms with Gasteiger partial charge in [-0.05, 0) is 25.3 Å². The third kappa shape index (κ3) is 3.36. The van der Waals surface area contributed by atoms with E-state index in [2.05, 4.69) is 5.32 Å². The molecule has 0 aliphatic rings. The number of rotatable bonds is 6. The molecule has 0 heterocycles. The molecule has 1 rings (SSSR count). The lowest BCUT2D eigenvalue weighted by Gasteiger charge is -2.29. The third-order valence-corrected chi connectivity index (χ3v) is 3.70. The number of hydrogen-bond donors (Lipinski definition) is 3. The number of nitrogens with two attached hydrogens (primary N) is 1. The Bertz CT molecular complexity index is 478. The second kappa shape index (κ2) is 6.52. The zero-order valence-corrected chi connectivity index (χ0v) is 12.1. The average molecular weight is 278 g/mol. The second-order valence-corrected chi connectivity index (χ2v) is 4.97. The predicted molar refractivity (Wildman–Crippen MR) is 77.2 cm³/mol. The lowest BCUT2D eigenvalue weighted by Crippen LogP contribution is -2.55. The van der Waals surface area contributed by atoms with E-state index < -0.39 is 23.5 Å². The molecule has 0 radical (unpaired) electrons. The number of carboxylic acids is 1. The van der Waals surface area contributed by atoms with Crippen LogP contribution in [0.3, 0.4) is 0 Å². The molecule has 1 unspecified atom stereocenters. The summed E-state index contributed by atoms with van der Waals surface area (Å²) >= 11 is 0. The fourth-order valence-electron chi connectivity index (χ4n) is 2.02. The van der Waals surface area contributed by atoms with Gasteiger partial charge < -0.3 is 16.2 Å². The van der Waals surface area contributed by atoms with Crippen molar-refractivity contribution in [1.29, 1.82) is 0 Å². The smallest absolute Gasteiger partial charge is 0.329 e. The Morgan fingerprint density at radius 3 is 2.15 bits per heavy atom. The summed E-state index contributed by atoms with van der Waals surface area (Å²) in [6.45, 7) is 5.41. The van der Waals surface area contributed by atoms with Crippen molar-refractivity contribution in [3.8, 4) is 0 Å². The van der Waals surface area contributed by atoms with Gasteiger partial charge in [0.25, 0.3) is 0 Å². The van der Waals surface area contributed by atoms with Gasteiger partial charge >= 0.3 is 5.97 Å². The topological polar surface area (TPSA) is 92.4 Å². The molecule has 0 aromatic heterocycles. The molecule has 0 bridgehead atoms. The van der Waals surface area contributed by atoms with Crippen LogP contribution in [-0.2, 0) is 9.59 Å². The molecule has 0 fully saturated rings. The van der Waals surface area contributed by atoms with Crippen LogP contribution in [0, 0.1) is 6.92 Å². The van der Waals surface area contributed by atoms with Gasteiger partial charge in [0, 0.05) is 0 Å². The van der Waals surface area contributed by atoms with Crippen LogP contribution in [0.4, 0.5) is 0 Å². The van der Waals surface area contributed by atoms with Gasteiger partial charge in [0.15, 0.2) is 0 Å². The van der Waals surface area contributed by atoms with Gasteiger partial charge in [0.2, 0.25) is 5.91 Å². The maximum Gasteiger partial charge on any atom is 0.329 e. The molecule has 0 aliphatic heterocycles. The van der Waals surface area contributed by atoms with Crippen molar-refractivity contribution in [2.75, 3.05) is 0 Å². The number of carboxylic acid groups (broad SMARTS) is 1. The van der Waals surface area contributed by atoms with Gasteiger partial charge in [-0.25, -0.2) is 4.79 Å². The largest absolute Gasteiger partial charge is 0.480 e. The second-order valence-electron chi connectivity index (χ2n) is 4.97. The maximum absolute atomic E-state index is 12.2. The van der Waals surface area contributed by atoms with E-state index in [1.165, 1.54) is 0 Å². The first-order valence-corrected chi connectivity index (χ1v) is 6.74. The predicted octanol–water partition coefficient (Wildman–Crippen LogP) is 1.75. The summed E-state index contributed by atoms with van der Waals surface area (Å²) in [4.78, 5) is 23.5. The molecule has 1 amide bonds. The van der Waals surface area contributed by atoms with E-state index in [1.807, 2.05) is 19.1 Å². The minimum Gasteiger partial charge on any atom is -0.480 e. The van der Waals surface area contributed by atoms with Crippen LogP contribution >= 0.6 is 0 Å². The SMILES string of the molecule is CCC(CC)(NC(=O)C(N)c1ccc(C)cc1)C(=O)O. The van der Waals surface area contributed by atoms with Crippen LogP contribution in [0.2, 0.25) is 0 Å². The van der Waals surface area contributed by atoms with Crippen molar-refractivity contribution in [2.24, 2.45) is 5.73 Å². The molecule has 4 N–H and O–H groups in total. The first-order chi connectivity index (χ1) is 9.36. The highest BCUT2D eigenvalue weighted by Gasteiger charge is 2.37. The third-order valence-electron chi connectivity index (χ3n) is 3.70. The molecule has 5 heteroatoms. The standard InChI is InChI=1S/C15H22N2O3/c1-4-15(5-2,14(19)20)17-13(18)12(16)11-8-6-10(3)7-9-11/h6-9,12H,4-5,16H2,1-3H3,(H,17,18)(H,19,20). The number of aliphatic carboxylic acids is 1. The van der Waals surface area contributed by atoms with Crippen LogP contribution in [0.5, 0.6) is 0 Å². The first kappa shape index (κ1) is 16.2. The Kier molecular flexibility index (Phi) is 5.27. The summed E-state index contributed by atoms with van der Waals surface area (Å²) in [7, 11) is 0. The zero-order valence-electron chi connectivity index (χ0n) is 12.1. The summed E-state index contributed by atoms with van der Waals surface area (Å²) in [6, 6.07) is 6.42. The number of hydrogen-bond acceptors (Lipinski definition) is 3. The number of aryl methyl sites for hydroxylation is 1. The molecule has 0 aliphatic carbocycles. The van der Waals surface area contributed by atoms with E-state index in [9.17, 15) is 14.7 Å². The van der Waals surface area contributed by atoms with Crippen molar-refractivity contribution < 1.29 is 14.7 Å². The summed E-state index contributed by atoms with van der Waals surface area (Å²) in [5.41, 5.74) is 6.39. The molecule has 20 heavy (non-hydrogen) atoms. The van der Waals surface area contributed by atoms with Crippen molar-refractivity contribution in [3.63, 3.8) is 0 Å². The molecule has 1 aromatic carbocycles. The van der Waals surface area contributed by atoms with Crippen molar-refractivity contribution >= 4 is 11.9 Å². The Labute approximate surface area is 119 Å². The number of nitrogens with one attached hydrogen (secondary N) is 1. The van der Waals surface area contributed by atoms with Crippen molar-refractivity contribution in [2.45, 2.75) is 45.2 Å². The molecule has 5 nitrogen and oxygen atoms in total. The fraction of sp³-hybridized carbons (Fsp3) is 0.467. The Hall–Kier alpha value is -1.88. The maximum atomic E-state index is 12.2. The van der Waals surface area contributed by atoms with Crippen LogP contribution < -0.4 is 11.1 Å². The molecule has 1 atom stereocenters. The highest BCUT2D eigenvalue weighted by Crippen LogP contribution is 2.18. The van der Waals surface area contributed by atoms with Gasteiger partial charge in [-0.2, -0.15) is 0 Å². The normalized spacial score (nSPS) is 12.8. The van der Waals surface area contributed by atoms with E-state index in [1.54, 1.807) is 26.0 Å². The summed E-state index contributed by atoms with van der Waals surface area (Å²) in [5.74, 6) is -1.51. The molecule has 1 aromatic rings. The van der Waals surface area contributed by atoms with Gasteiger partial charge in [0.05, 0.1) is 0 Å². The summed E-state index contributed by atoms with van der Waals surface area (Å²) in [5, 5.41) is 11.9. The molecular weight excluding hydrogens is 256 g/mol.